The highest BCUT2D eigenvalue weighted by Gasteiger charge is 2.35. The van der Waals surface area contributed by atoms with E-state index >= 15 is 0 Å². The Labute approximate surface area is 190 Å². The number of rotatable bonds is 6. The molecule has 2 aromatic heterocycles. The molecular weight excluding hydrogens is 433 g/mol. The lowest BCUT2D eigenvalue weighted by Gasteiger charge is -2.23. The van der Waals surface area contributed by atoms with Gasteiger partial charge in [0, 0.05) is 23.6 Å². The lowest BCUT2D eigenvalue weighted by molar-refractivity contribution is -0.137. The van der Waals surface area contributed by atoms with Gasteiger partial charge in [0.1, 0.15) is 16.7 Å². The molecule has 0 unspecified atom stereocenters. The molecule has 4 nitrogen and oxygen atoms in total. The van der Waals surface area contributed by atoms with Gasteiger partial charge in [-0.1, -0.05) is 49.6 Å². The predicted octanol–water partition coefficient (Wildman–Crippen LogP) is 7.33. The summed E-state index contributed by atoms with van der Waals surface area (Å²) in [5.41, 5.74) is 0.366. The minimum absolute atomic E-state index is 0.0816. The molecule has 3 aromatic rings. The minimum atomic E-state index is -4.49. The maximum atomic E-state index is 13.6. The first-order valence-electron chi connectivity index (χ1n) is 10.7. The topological polar surface area (TPSA) is 49.8 Å². The van der Waals surface area contributed by atoms with Crippen molar-refractivity contribution in [1.29, 1.82) is 0 Å². The zero-order valence-electron chi connectivity index (χ0n) is 17.7. The van der Waals surface area contributed by atoms with Crippen LogP contribution in [0.4, 0.5) is 24.8 Å². The fraction of sp³-hybridized carbons (Fsp3) is 0.333. The Hall–Kier alpha value is -2.74. The van der Waals surface area contributed by atoms with Crippen molar-refractivity contribution in [2.45, 2.75) is 56.3 Å². The number of nitrogens with zero attached hydrogens (tertiary/aromatic N) is 2. The first-order valence-corrected chi connectivity index (χ1v) is 11.5. The zero-order valence-corrected chi connectivity index (χ0v) is 18.6. The summed E-state index contributed by atoms with van der Waals surface area (Å²) in [7, 11) is 0. The maximum absolute atomic E-state index is 13.6. The number of anilines is 2. The quantitative estimate of drug-likeness (QED) is 0.379. The Kier molecular flexibility index (Phi) is 6.89. The van der Waals surface area contributed by atoms with Gasteiger partial charge in [0.05, 0.1) is 11.3 Å². The van der Waals surface area contributed by atoms with Crippen molar-refractivity contribution in [3.63, 3.8) is 0 Å². The van der Waals surface area contributed by atoms with Crippen LogP contribution in [0.1, 0.15) is 43.2 Å². The summed E-state index contributed by atoms with van der Waals surface area (Å²) < 4.78 is 43.9. The number of aryl methyl sites for hydroxylation is 1. The van der Waals surface area contributed by atoms with E-state index in [4.69, 9.17) is 0 Å². The molecule has 1 saturated carbocycles. The van der Waals surface area contributed by atoms with Gasteiger partial charge in [-0.25, -0.2) is 9.97 Å². The van der Waals surface area contributed by atoms with Gasteiger partial charge >= 0.3 is 6.18 Å². The van der Waals surface area contributed by atoms with Crippen LogP contribution in [0.3, 0.4) is 0 Å². The second kappa shape index (κ2) is 9.81. The van der Waals surface area contributed by atoms with Crippen LogP contribution in [-0.2, 0) is 6.18 Å². The monoisotopic (exact) mass is 458 g/mol. The molecule has 1 fully saturated rings. The summed E-state index contributed by atoms with van der Waals surface area (Å²) in [5, 5.41) is 4.20. The van der Waals surface area contributed by atoms with Crippen LogP contribution in [0.5, 0.6) is 0 Å². The van der Waals surface area contributed by atoms with E-state index in [1.54, 1.807) is 31.2 Å². The summed E-state index contributed by atoms with van der Waals surface area (Å²) in [6.07, 6.45) is 1.56. The smallest absolute Gasteiger partial charge is 0.367 e. The molecule has 2 N–H and O–H groups in total. The van der Waals surface area contributed by atoms with Crippen molar-refractivity contribution in [2.24, 2.45) is 0 Å². The van der Waals surface area contributed by atoms with Crippen LogP contribution in [0, 0.1) is 6.92 Å². The molecule has 0 atom stereocenters. The van der Waals surface area contributed by atoms with Crippen LogP contribution in [-0.4, -0.2) is 16.0 Å². The normalized spacial score (nSPS) is 14.9. The number of pyridine rings is 2. The molecule has 0 saturated heterocycles. The first kappa shape index (κ1) is 22.5. The highest BCUT2D eigenvalue weighted by molar-refractivity contribution is 8.00. The molecule has 8 heteroatoms. The van der Waals surface area contributed by atoms with Gasteiger partial charge in [-0.3, -0.25) is 0 Å². The lowest BCUT2D eigenvalue weighted by atomic mass is 9.95. The average molecular weight is 459 g/mol. The van der Waals surface area contributed by atoms with E-state index in [-0.39, 0.29) is 5.69 Å². The van der Waals surface area contributed by atoms with E-state index in [0.717, 1.165) is 30.3 Å². The number of nitrogens with one attached hydrogen (secondary N) is 2. The molecule has 2 heterocycles. The van der Waals surface area contributed by atoms with Gasteiger partial charge in [-0.2, -0.15) is 13.2 Å². The molecular formula is C24H25F3N4S. The standard InChI is InChI=1S/C24H25F3N4S/c1-16-8-5-6-11-18(16)23-19(24(25,26)27)14-15-21(30-23)31-32-22-13-7-12-20(29-22)28-17-9-3-2-4-10-17/h5-8,11-15,17H,2-4,9-10H2,1H3,(H,28,29)(H,30,31). The number of alkyl halides is 3. The van der Waals surface area contributed by atoms with Crippen LogP contribution in [0.2, 0.25) is 0 Å². The minimum Gasteiger partial charge on any atom is -0.367 e. The highest BCUT2D eigenvalue weighted by atomic mass is 32.2. The van der Waals surface area contributed by atoms with Crippen LogP contribution in [0.25, 0.3) is 11.3 Å². The average Bonchev–Trinajstić information content (AvgIpc) is 2.78. The second-order valence-electron chi connectivity index (χ2n) is 7.95. The Morgan fingerprint density at radius 2 is 1.66 bits per heavy atom. The van der Waals surface area contributed by atoms with E-state index in [2.05, 4.69) is 20.0 Å². The van der Waals surface area contributed by atoms with E-state index in [1.165, 1.54) is 37.3 Å². The van der Waals surface area contributed by atoms with Crippen molar-refractivity contribution >= 4 is 23.6 Å². The van der Waals surface area contributed by atoms with Crippen LogP contribution in [0.15, 0.2) is 59.6 Å². The van der Waals surface area contributed by atoms with Crippen molar-refractivity contribution in [1.82, 2.24) is 9.97 Å². The number of halogens is 3. The van der Waals surface area contributed by atoms with Crippen molar-refractivity contribution in [3.8, 4) is 11.3 Å². The molecule has 4 rings (SSSR count). The fourth-order valence-corrected chi connectivity index (χ4v) is 4.51. The molecule has 0 bridgehead atoms. The van der Waals surface area contributed by atoms with E-state index in [0.29, 0.717) is 22.4 Å². The molecule has 168 valence electrons. The van der Waals surface area contributed by atoms with Crippen molar-refractivity contribution < 1.29 is 13.2 Å². The van der Waals surface area contributed by atoms with E-state index in [9.17, 15) is 13.2 Å². The Bertz CT molecular complexity index is 1070. The molecule has 1 aliphatic carbocycles. The van der Waals surface area contributed by atoms with Gasteiger partial charge in [-0.15, -0.1) is 0 Å². The number of benzene rings is 1. The number of aromatic nitrogens is 2. The summed E-state index contributed by atoms with van der Waals surface area (Å²) >= 11 is 1.23. The molecule has 1 aromatic carbocycles. The third kappa shape index (κ3) is 5.54. The molecule has 0 aliphatic heterocycles. The molecule has 0 spiro atoms. The van der Waals surface area contributed by atoms with Crippen molar-refractivity contribution in [2.75, 3.05) is 10.0 Å². The first-order chi connectivity index (χ1) is 15.4. The Morgan fingerprint density at radius 3 is 2.41 bits per heavy atom. The SMILES string of the molecule is Cc1ccccc1-c1nc(NSc2cccc(NC3CCCCC3)n2)ccc1C(F)(F)F. The highest BCUT2D eigenvalue weighted by Crippen LogP contribution is 2.38. The largest absolute Gasteiger partial charge is 0.418 e. The van der Waals surface area contributed by atoms with Gasteiger partial charge in [0.25, 0.3) is 0 Å². The summed E-state index contributed by atoms with van der Waals surface area (Å²) in [5.74, 6) is 1.15. The molecule has 0 amide bonds. The van der Waals surface area contributed by atoms with Crippen LogP contribution >= 0.6 is 11.9 Å². The summed E-state index contributed by atoms with van der Waals surface area (Å²) in [6, 6.07) is 15.5. The second-order valence-corrected chi connectivity index (χ2v) is 8.78. The van der Waals surface area contributed by atoms with Gasteiger partial charge in [0.2, 0.25) is 0 Å². The lowest BCUT2D eigenvalue weighted by Crippen LogP contribution is -2.22. The zero-order chi connectivity index (χ0) is 22.6. The van der Waals surface area contributed by atoms with Gasteiger partial charge in [0.15, 0.2) is 0 Å². The molecule has 32 heavy (non-hydrogen) atoms. The van der Waals surface area contributed by atoms with Gasteiger partial charge < -0.3 is 10.0 Å². The Morgan fingerprint density at radius 1 is 0.875 bits per heavy atom. The Balaban J connectivity index is 1.52. The van der Waals surface area contributed by atoms with E-state index in [1.807, 2.05) is 18.2 Å². The van der Waals surface area contributed by atoms with Crippen molar-refractivity contribution in [3.05, 3.63) is 65.7 Å². The summed E-state index contributed by atoms with van der Waals surface area (Å²) in [6.45, 7) is 1.78. The van der Waals surface area contributed by atoms with Crippen LogP contribution < -0.4 is 10.0 Å². The summed E-state index contributed by atoms with van der Waals surface area (Å²) in [4.78, 5) is 8.92. The number of hydrogen-bond acceptors (Lipinski definition) is 5. The van der Waals surface area contributed by atoms with E-state index < -0.39 is 11.7 Å². The fourth-order valence-electron chi connectivity index (χ4n) is 3.90. The molecule has 1 aliphatic rings. The predicted molar refractivity (Wildman–Crippen MR) is 124 cm³/mol. The maximum Gasteiger partial charge on any atom is 0.418 e. The van der Waals surface area contributed by atoms with Gasteiger partial charge in [-0.05, 0) is 49.6 Å². The number of hydrogen-bond donors (Lipinski definition) is 2. The molecule has 0 radical (unpaired) electrons. The third-order valence-electron chi connectivity index (χ3n) is 5.54. The third-order valence-corrected chi connectivity index (χ3v) is 6.29.